The molecule has 0 aliphatic carbocycles. The second-order valence-electron chi connectivity index (χ2n) is 3.91. The molecule has 1 N–H and O–H groups in total. The van der Waals surface area contributed by atoms with Crippen molar-refractivity contribution in [1.82, 2.24) is 15.3 Å². The highest BCUT2D eigenvalue weighted by Gasteiger charge is 2.12. The molecule has 0 radical (unpaired) electrons. The van der Waals surface area contributed by atoms with E-state index in [0.717, 1.165) is 0 Å². The molecule has 0 spiro atoms. The zero-order chi connectivity index (χ0) is 14.8. The van der Waals surface area contributed by atoms with Gasteiger partial charge in [0.05, 0.1) is 6.61 Å². The molecule has 1 aromatic heterocycles. The first kappa shape index (κ1) is 15.8. The Morgan fingerprint density at radius 1 is 1.35 bits per heavy atom. The fraction of sp³-hybridized carbons (Fsp3) is 0.500. The molecule has 1 heterocycles. The molecule has 0 bridgehead atoms. The highest BCUT2D eigenvalue weighted by Crippen LogP contribution is 2.01. The van der Waals surface area contributed by atoms with Crippen molar-refractivity contribution >= 4 is 17.8 Å². The highest BCUT2D eigenvalue weighted by atomic mass is 16.5. The summed E-state index contributed by atoms with van der Waals surface area (Å²) in [6.07, 6.45) is 3.15. The maximum Gasteiger partial charge on any atom is 0.326 e. The molecular formula is C12H18N4O4. The summed E-state index contributed by atoms with van der Waals surface area (Å²) in [5.74, 6) is -0.482. The molecule has 110 valence electrons. The Balaban J connectivity index is 2.25. The molecule has 1 rings (SSSR count). The van der Waals surface area contributed by atoms with Crippen LogP contribution in [0.25, 0.3) is 0 Å². The van der Waals surface area contributed by atoms with Gasteiger partial charge >= 0.3 is 5.97 Å². The van der Waals surface area contributed by atoms with Crippen LogP contribution in [-0.2, 0) is 19.1 Å². The van der Waals surface area contributed by atoms with Crippen LogP contribution >= 0.6 is 0 Å². The molecular weight excluding hydrogens is 264 g/mol. The van der Waals surface area contributed by atoms with Crippen LogP contribution in [0.4, 0.5) is 5.95 Å². The van der Waals surface area contributed by atoms with E-state index in [1.54, 1.807) is 25.5 Å². The van der Waals surface area contributed by atoms with E-state index in [1.807, 2.05) is 0 Å². The van der Waals surface area contributed by atoms with Crippen molar-refractivity contribution in [2.24, 2.45) is 0 Å². The minimum atomic E-state index is -0.526. The second-order valence-corrected chi connectivity index (χ2v) is 3.91. The van der Waals surface area contributed by atoms with Crippen LogP contribution in [-0.4, -0.2) is 62.3 Å². The maximum absolute atomic E-state index is 11.5. The number of amides is 1. The molecule has 1 aromatic rings. The number of anilines is 1. The third-order valence-corrected chi connectivity index (χ3v) is 2.25. The zero-order valence-corrected chi connectivity index (χ0v) is 11.5. The number of methoxy groups -OCH3 is 1. The lowest BCUT2D eigenvalue weighted by molar-refractivity contribution is -0.147. The molecule has 0 saturated heterocycles. The van der Waals surface area contributed by atoms with E-state index >= 15 is 0 Å². The molecule has 20 heavy (non-hydrogen) atoms. The van der Waals surface area contributed by atoms with E-state index in [9.17, 15) is 9.59 Å². The minimum Gasteiger partial charge on any atom is -0.454 e. The summed E-state index contributed by atoms with van der Waals surface area (Å²) in [5.41, 5.74) is 0. The van der Waals surface area contributed by atoms with Gasteiger partial charge in [-0.05, 0) is 6.07 Å². The van der Waals surface area contributed by atoms with Gasteiger partial charge in [-0.3, -0.25) is 9.59 Å². The first-order valence-electron chi connectivity index (χ1n) is 6.03. The van der Waals surface area contributed by atoms with E-state index in [-0.39, 0.29) is 19.1 Å². The Hall–Kier alpha value is -2.22. The number of rotatable bonds is 8. The van der Waals surface area contributed by atoms with E-state index in [0.29, 0.717) is 19.1 Å². The Labute approximate surface area is 117 Å². The van der Waals surface area contributed by atoms with Crippen molar-refractivity contribution in [3.63, 3.8) is 0 Å². The molecule has 0 aliphatic rings. The van der Waals surface area contributed by atoms with Crippen molar-refractivity contribution in [1.29, 1.82) is 0 Å². The van der Waals surface area contributed by atoms with Crippen LogP contribution in [0.3, 0.4) is 0 Å². The first-order valence-corrected chi connectivity index (χ1v) is 6.03. The van der Waals surface area contributed by atoms with Crippen molar-refractivity contribution in [3.05, 3.63) is 18.5 Å². The van der Waals surface area contributed by atoms with Gasteiger partial charge < -0.3 is 19.7 Å². The van der Waals surface area contributed by atoms with Crippen LogP contribution in [0.1, 0.15) is 0 Å². The zero-order valence-electron chi connectivity index (χ0n) is 11.5. The van der Waals surface area contributed by atoms with E-state index < -0.39 is 5.97 Å². The summed E-state index contributed by atoms with van der Waals surface area (Å²) in [5, 5.41) is 2.54. The monoisotopic (exact) mass is 282 g/mol. The molecule has 0 fully saturated rings. The lowest BCUT2D eigenvalue weighted by Crippen LogP contribution is -2.34. The van der Waals surface area contributed by atoms with E-state index in [4.69, 9.17) is 9.47 Å². The van der Waals surface area contributed by atoms with Crippen molar-refractivity contribution < 1.29 is 19.1 Å². The van der Waals surface area contributed by atoms with Crippen molar-refractivity contribution in [3.8, 4) is 0 Å². The molecule has 1 amide bonds. The number of nitrogens with zero attached hydrogens (tertiary/aromatic N) is 3. The molecule has 0 saturated carbocycles. The molecule has 0 atom stereocenters. The summed E-state index contributed by atoms with van der Waals surface area (Å²) in [7, 11) is 3.20. The Bertz CT molecular complexity index is 427. The van der Waals surface area contributed by atoms with Gasteiger partial charge in [0.2, 0.25) is 5.95 Å². The predicted molar refractivity (Wildman–Crippen MR) is 71.1 cm³/mol. The molecule has 8 heteroatoms. The second kappa shape index (κ2) is 8.81. The number of carbonyl (C=O) groups excluding carboxylic acids is 2. The molecule has 0 aliphatic heterocycles. The molecule has 8 nitrogen and oxygen atoms in total. The summed E-state index contributed by atoms with van der Waals surface area (Å²) in [6.45, 7) is 0.444. The fourth-order valence-corrected chi connectivity index (χ4v) is 1.29. The SMILES string of the molecule is COCCNC(=O)COC(=O)CN(C)c1ncccn1. The van der Waals surface area contributed by atoms with Crippen molar-refractivity contribution in [2.45, 2.75) is 0 Å². The minimum absolute atomic E-state index is 0.0324. The van der Waals surface area contributed by atoms with Gasteiger partial charge in [-0.2, -0.15) is 0 Å². The number of hydrogen-bond acceptors (Lipinski definition) is 7. The highest BCUT2D eigenvalue weighted by molar-refractivity contribution is 5.81. The lowest BCUT2D eigenvalue weighted by Gasteiger charge is -2.15. The number of aromatic nitrogens is 2. The van der Waals surface area contributed by atoms with Crippen LogP contribution in [0.5, 0.6) is 0 Å². The average molecular weight is 282 g/mol. The average Bonchev–Trinajstić information content (AvgIpc) is 2.46. The number of likely N-dealkylation sites (N-methyl/N-ethyl adjacent to an activating group) is 1. The van der Waals surface area contributed by atoms with Gasteiger partial charge in [-0.1, -0.05) is 0 Å². The molecule has 0 aromatic carbocycles. The standard InChI is InChI=1S/C12H18N4O4/c1-16(12-14-4-3-5-15-12)8-11(18)20-9-10(17)13-6-7-19-2/h3-5H,6-9H2,1-2H3,(H,13,17). The summed E-state index contributed by atoms with van der Waals surface area (Å²) >= 11 is 0. The number of carbonyl (C=O) groups is 2. The third-order valence-electron chi connectivity index (χ3n) is 2.25. The van der Waals surface area contributed by atoms with Crippen LogP contribution in [0, 0.1) is 0 Å². The summed E-state index contributed by atoms with van der Waals surface area (Å²) < 4.78 is 9.61. The Morgan fingerprint density at radius 2 is 2.05 bits per heavy atom. The summed E-state index contributed by atoms with van der Waals surface area (Å²) in [4.78, 5) is 32.3. The number of hydrogen-bond donors (Lipinski definition) is 1. The normalized spacial score (nSPS) is 9.90. The summed E-state index contributed by atoms with van der Waals surface area (Å²) in [6, 6.07) is 1.68. The van der Waals surface area contributed by atoms with E-state index in [1.165, 1.54) is 12.0 Å². The lowest BCUT2D eigenvalue weighted by atomic mass is 10.5. The van der Waals surface area contributed by atoms with Gasteiger partial charge in [0.25, 0.3) is 5.91 Å². The van der Waals surface area contributed by atoms with Crippen LogP contribution in [0.15, 0.2) is 18.5 Å². The fourth-order valence-electron chi connectivity index (χ4n) is 1.29. The van der Waals surface area contributed by atoms with Crippen molar-refractivity contribution in [2.75, 3.05) is 45.4 Å². The Morgan fingerprint density at radius 3 is 2.70 bits per heavy atom. The van der Waals surface area contributed by atoms with Crippen LogP contribution in [0.2, 0.25) is 0 Å². The van der Waals surface area contributed by atoms with Gasteiger partial charge in [0.1, 0.15) is 6.54 Å². The van der Waals surface area contributed by atoms with Gasteiger partial charge in [-0.25, -0.2) is 9.97 Å². The largest absolute Gasteiger partial charge is 0.454 e. The third kappa shape index (κ3) is 6.10. The Kier molecular flexibility index (Phi) is 6.97. The van der Waals surface area contributed by atoms with Gasteiger partial charge in [-0.15, -0.1) is 0 Å². The number of nitrogens with one attached hydrogen (secondary N) is 1. The van der Waals surface area contributed by atoms with Gasteiger partial charge in [0, 0.05) is 33.1 Å². The van der Waals surface area contributed by atoms with Gasteiger partial charge in [0.15, 0.2) is 6.61 Å². The van der Waals surface area contributed by atoms with Crippen LogP contribution < -0.4 is 10.2 Å². The molecule has 0 unspecified atom stereocenters. The quantitative estimate of drug-likeness (QED) is 0.493. The maximum atomic E-state index is 11.5. The number of esters is 1. The first-order chi connectivity index (χ1) is 9.63. The number of ether oxygens (including phenoxy) is 2. The topological polar surface area (TPSA) is 93.6 Å². The predicted octanol–water partition coefficient (Wildman–Crippen LogP) is -0.781. The smallest absolute Gasteiger partial charge is 0.326 e. The van der Waals surface area contributed by atoms with E-state index in [2.05, 4.69) is 15.3 Å².